The Hall–Kier alpha value is -1.24. The van der Waals surface area contributed by atoms with Gasteiger partial charge in [-0.2, -0.15) is 0 Å². The second-order valence-corrected chi connectivity index (χ2v) is 6.46. The number of thiazole rings is 1. The molecule has 0 spiro atoms. The average molecular weight is 352 g/mol. The van der Waals surface area contributed by atoms with Crippen LogP contribution in [0.5, 0.6) is 0 Å². The molecule has 2 N–H and O–H groups in total. The summed E-state index contributed by atoms with van der Waals surface area (Å²) >= 11 is 4.90. The summed E-state index contributed by atoms with van der Waals surface area (Å²) < 4.78 is 1.02. The van der Waals surface area contributed by atoms with Crippen LogP contribution in [0.4, 0.5) is 5.13 Å². The molecule has 0 bridgehead atoms. The summed E-state index contributed by atoms with van der Waals surface area (Å²) in [5, 5.41) is 8.67. The highest BCUT2D eigenvalue weighted by Gasteiger charge is 2.22. The first-order valence-electron chi connectivity index (χ1n) is 6.48. The van der Waals surface area contributed by atoms with Gasteiger partial charge in [-0.05, 0) is 31.5 Å². The molecule has 0 unspecified atom stereocenters. The van der Waals surface area contributed by atoms with Gasteiger partial charge in [-0.15, -0.1) is 11.3 Å². The van der Waals surface area contributed by atoms with Crippen LogP contribution in [0.1, 0.15) is 12.8 Å². The number of carbonyl (C=O) groups excluding carboxylic acids is 1. The van der Waals surface area contributed by atoms with Gasteiger partial charge in [-0.3, -0.25) is 4.79 Å². The minimum Gasteiger partial charge on any atom is -0.306 e. The lowest BCUT2D eigenvalue weighted by molar-refractivity contribution is -0.117. The molecule has 1 amide bonds. The van der Waals surface area contributed by atoms with Crippen molar-refractivity contribution >= 4 is 38.3 Å². The van der Waals surface area contributed by atoms with Crippen molar-refractivity contribution in [2.45, 2.75) is 18.9 Å². The summed E-state index contributed by atoms with van der Waals surface area (Å²) in [5.41, 5.74) is 1.92. The highest BCUT2D eigenvalue weighted by Crippen LogP contribution is 2.27. The van der Waals surface area contributed by atoms with Crippen molar-refractivity contribution in [3.63, 3.8) is 0 Å². The van der Waals surface area contributed by atoms with Crippen molar-refractivity contribution in [1.29, 1.82) is 0 Å². The number of carbonyl (C=O) groups is 1. The standard InChI is InChI=1S/C14H14BrN3OS/c15-10-4-1-3-9(7-10)12-8-20-14(17-12)18-13(19)11-5-2-6-16-11/h1,3-4,7-8,11,16H,2,5-6H2,(H,17,18,19)/t11-/m0/s1. The van der Waals surface area contributed by atoms with Gasteiger partial charge in [0.2, 0.25) is 5.91 Å². The minimum absolute atomic E-state index is 0.0117. The molecule has 0 aliphatic carbocycles. The summed E-state index contributed by atoms with van der Waals surface area (Å²) in [5.74, 6) is 0.0117. The minimum atomic E-state index is -0.0757. The van der Waals surface area contributed by atoms with E-state index in [-0.39, 0.29) is 11.9 Å². The van der Waals surface area contributed by atoms with Crippen LogP contribution in [0.2, 0.25) is 0 Å². The third kappa shape index (κ3) is 3.08. The summed E-state index contributed by atoms with van der Waals surface area (Å²) in [6.45, 7) is 0.916. The SMILES string of the molecule is O=C(Nc1nc(-c2cccc(Br)c2)cs1)[C@@H]1CCCN1. The van der Waals surface area contributed by atoms with Crippen molar-refractivity contribution in [2.75, 3.05) is 11.9 Å². The molecule has 1 aromatic carbocycles. The van der Waals surface area contributed by atoms with Crippen LogP contribution in [0.25, 0.3) is 11.3 Å². The zero-order valence-corrected chi connectivity index (χ0v) is 13.1. The maximum atomic E-state index is 12.0. The Balaban J connectivity index is 1.72. The number of benzene rings is 1. The highest BCUT2D eigenvalue weighted by atomic mass is 79.9. The molecule has 1 aliphatic rings. The number of aromatic nitrogens is 1. The van der Waals surface area contributed by atoms with E-state index in [1.165, 1.54) is 11.3 Å². The third-order valence-corrected chi connectivity index (χ3v) is 4.48. The molecule has 1 fully saturated rings. The number of nitrogens with one attached hydrogen (secondary N) is 2. The molecule has 6 heteroatoms. The topological polar surface area (TPSA) is 54.0 Å². The van der Waals surface area contributed by atoms with Crippen LogP contribution in [-0.4, -0.2) is 23.5 Å². The smallest absolute Gasteiger partial charge is 0.243 e. The van der Waals surface area contributed by atoms with E-state index in [0.29, 0.717) is 5.13 Å². The predicted molar refractivity (Wildman–Crippen MR) is 84.9 cm³/mol. The Morgan fingerprint density at radius 3 is 3.15 bits per heavy atom. The molecule has 1 aliphatic heterocycles. The zero-order valence-electron chi connectivity index (χ0n) is 10.7. The first kappa shape index (κ1) is 13.7. The molecule has 1 saturated heterocycles. The summed E-state index contributed by atoms with van der Waals surface area (Å²) in [6.07, 6.45) is 1.95. The predicted octanol–water partition coefficient (Wildman–Crippen LogP) is 3.26. The maximum Gasteiger partial charge on any atom is 0.243 e. The number of amides is 1. The fraction of sp³-hybridized carbons (Fsp3) is 0.286. The van der Waals surface area contributed by atoms with E-state index in [1.54, 1.807) is 0 Å². The molecular weight excluding hydrogens is 338 g/mol. The van der Waals surface area contributed by atoms with Gasteiger partial charge in [0.05, 0.1) is 11.7 Å². The molecule has 3 rings (SSSR count). The quantitative estimate of drug-likeness (QED) is 0.892. The summed E-state index contributed by atoms with van der Waals surface area (Å²) in [7, 11) is 0. The van der Waals surface area contributed by atoms with E-state index in [9.17, 15) is 4.79 Å². The van der Waals surface area contributed by atoms with Gasteiger partial charge in [-0.25, -0.2) is 4.98 Å². The number of anilines is 1. The molecule has 2 aromatic rings. The Morgan fingerprint density at radius 1 is 1.50 bits per heavy atom. The van der Waals surface area contributed by atoms with Gasteiger partial charge in [0.25, 0.3) is 0 Å². The van der Waals surface area contributed by atoms with Crippen molar-refractivity contribution in [1.82, 2.24) is 10.3 Å². The number of hydrogen-bond acceptors (Lipinski definition) is 4. The van der Waals surface area contributed by atoms with E-state index in [4.69, 9.17) is 0 Å². The van der Waals surface area contributed by atoms with Crippen molar-refractivity contribution in [3.8, 4) is 11.3 Å². The fourth-order valence-corrected chi connectivity index (χ4v) is 3.33. The van der Waals surface area contributed by atoms with Crippen molar-refractivity contribution in [3.05, 3.63) is 34.1 Å². The number of hydrogen-bond donors (Lipinski definition) is 2. The summed E-state index contributed by atoms with van der Waals surface area (Å²) in [4.78, 5) is 16.5. The van der Waals surface area contributed by atoms with Crippen LogP contribution in [0, 0.1) is 0 Å². The molecule has 2 heterocycles. The van der Waals surface area contributed by atoms with Crippen molar-refractivity contribution in [2.24, 2.45) is 0 Å². The normalized spacial score (nSPS) is 18.1. The van der Waals surface area contributed by atoms with Gasteiger partial charge >= 0.3 is 0 Å². The van der Waals surface area contributed by atoms with Gasteiger partial charge in [0.15, 0.2) is 5.13 Å². The van der Waals surface area contributed by atoms with Gasteiger partial charge < -0.3 is 10.6 Å². The molecule has 20 heavy (non-hydrogen) atoms. The first-order chi connectivity index (χ1) is 9.72. The lowest BCUT2D eigenvalue weighted by Gasteiger charge is -2.08. The molecular formula is C14H14BrN3OS. The van der Waals surface area contributed by atoms with Crippen LogP contribution in [0.15, 0.2) is 34.1 Å². The lowest BCUT2D eigenvalue weighted by atomic mass is 10.2. The second kappa shape index (κ2) is 6.03. The molecule has 1 aromatic heterocycles. The van der Waals surface area contributed by atoms with Gasteiger partial charge in [-0.1, -0.05) is 28.1 Å². The summed E-state index contributed by atoms with van der Waals surface area (Å²) in [6, 6.07) is 7.89. The van der Waals surface area contributed by atoms with Crippen molar-refractivity contribution < 1.29 is 4.79 Å². The van der Waals surface area contributed by atoms with E-state index in [1.807, 2.05) is 29.6 Å². The van der Waals surface area contributed by atoms with Crippen LogP contribution >= 0.6 is 27.3 Å². The highest BCUT2D eigenvalue weighted by molar-refractivity contribution is 9.10. The van der Waals surface area contributed by atoms with Gasteiger partial charge in [0.1, 0.15) is 0 Å². The van der Waals surface area contributed by atoms with E-state index < -0.39 is 0 Å². The molecule has 4 nitrogen and oxygen atoms in total. The Morgan fingerprint density at radius 2 is 2.40 bits per heavy atom. The number of nitrogens with zero attached hydrogens (tertiary/aromatic N) is 1. The Kier molecular flexibility index (Phi) is 4.14. The van der Waals surface area contributed by atoms with E-state index in [0.717, 1.165) is 35.1 Å². The first-order valence-corrected chi connectivity index (χ1v) is 8.15. The Labute approximate surface area is 129 Å². The molecule has 0 saturated carbocycles. The fourth-order valence-electron chi connectivity index (χ4n) is 2.21. The molecule has 0 radical (unpaired) electrons. The molecule has 104 valence electrons. The number of rotatable bonds is 3. The largest absolute Gasteiger partial charge is 0.306 e. The van der Waals surface area contributed by atoms with Gasteiger partial charge in [0, 0.05) is 15.4 Å². The number of halogens is 1. The zero-order chi connectivity index (χ0) is 13.9. The molecule has 1 atom stereocenters. The monoisotopic (exact) mass is 351 g/mol. The second-order valence-electron chi connectivity index (χ2n) is 4.69. The van der Waals surface area contributed by atoms with Crippen LogP contribution in [-0.2, 0) is 4.79 Å². The third-order valence-electron chi connectivity index (χ3n) is 3.23. The average Bonchev–Trinajstić information content (AvgIpc) is 3.10. The lowest BCUT2D eigenvalue weighted by Crippen LogP contribution is -2.35. The van der Waals surface area contributed by atoms with Crippen LogP contribution in [0.3, 0.4) is 0 Å². The van der Waals surface area contributed by atoms with E-state index in [2.05, 4.69) is 31.5 Å². The van der Waals surface area contributed by atoms with E-state index >= 15 is 0 Å². The maximum absolute atomic E-state index is 12.0. The Bertz CT molecular complexity index is 622. The van der Waals surface area contributed by atoms with Crippen LogP contribution < -0.4 is 10.6 Å².